The van der Waals surface area contributed by atoms with Crippen LogP contribution >= 0.6 is 12.2 Å². The molecule has 0 aliphatic rings. The van der Waals surface area contributed by atoms with Crippen molar-refractivity contribution in [2.24, 2.45) is 7.05 Å². The minimum Gasteiger partial charge on any atom is -0.506 e. The number of hydrogen-bond acceptors (Lipinski definition) is 5. The third-order valence-corrected chi connectivity index (χ3v) is 4.79. The Bertz CT molecular complexity index is 1200. The van der Waals surface area contributed by atoms with Crippen LogP contribution in [0.4, 0.5) is 18.9 Å². The minimum absolute atomic E-state index is 0.194. The van der Waals surface area contributed by atoms with Gasteiger partial charge < -0.3 is 19.3 Å². The van der Waals surface area contributed by atoms with Gasteiger partial charge in [0.15, 0.2) is 0 Å². The number of carbonyl (C=O) groups is 1. The third-order valence-electron chi connectivity index (χ3n) is 4.53. The largest absolute Gasteiger partial charge is 0.573 e. The van der Waals surface area contributed by atoms with E-state index in [1.54, 1.807) is 18.2 Å². The summed E-state index contributed by atoms with van der Waals surface area (Å²) in [6, 6.07) is 9.43. The lowest BCUT2D eigenvalue weighted by atomic mass is 10.0. The number of thiocarbonyl (C=S) groups is 1. The fourth-order valence-corrected chi connectivity index (χ4v) is 3.24. The van der Waals surface area contributed by atoms with Gasteiger partial charge in [-0.15, -0.1) is 13.2 Å². The average Bonchev–Trinajstić information content (AvgIpc) is 2.70. The van der Waals surface area contributed by atoms with Gasteiger partial charge in [0.2, 0.25) is 0 Å². The van der Waals surface area contributed by atoms with E-state index in [2.05, 4.69) is 4.74 Å². The van der Waals surface area contributed by atoms with E-state index in [1.165, 1.54) is 36.2 Å². The first kappa shape index (κ1) is 21.3. The van der Waals surface area contributed by atoms with Gasteiger partial charge in [-0.3, -0.25) is 9.59 Å². The zero-order valence-electron chi connectivity index (χ0n) is 15.7. The van der Waals surface area contributed by atoms with Gasteiger partial charge in [-0.2, -0.15) is 0 Å². The number of hydrogen-bond donors (Lipinski definition) is 1. The maximum absolute atomic E-state index is 13.0. The van der Waals surface area contributed by atoms with Gasteiger partial charge in [-0.1, -0.05) is 24.4 Å². The molecule has 2 aromatic carbocycles. The number of pyridine rings is 1. The SMILES string of the molecule is CN(C(=O)c1c(O)c2c(C=S)cccc2n(C)c1=O)c1ccc(OC(F)(F)F)cc1. The Kier molecular flexibility index (Phi) is 5.53. The zero-order valence-corrected chi connectivity index (χ0v) is 16.5. The highest BCUT2D eigenvalue weighted by molar-refractivity contribution is 7.79. The van der Waals surface area contributed by atoms with Crippen molar-refractivity contribution in [1.82, 2.24) is 4.57 Å². The number of anilines is 1. The van der Waals surface area contributed by atoms with Crippen LogP contribution in [-0.2, 0) is 7.05 Å². The number of ether oxygens (including phenoxy) is 1. The molecule has 0 radical (unpaired) electrons. The standard InChI is InChI=1S/C20H15F3N2O4S/c1-24(12-6-8-13(9-7-12)29-20(21,22)23)18(27)16-17(26)15-11(10-30)4-3-5-14(15)25(2)19(16)28/h3-10,26H,1-2H3. The molecule has 6 nitrogen and oxygen atoms in total. The lowest BCUT2D eigenvalue weighted by molar-refractivity contribution is -0.274. The molecule has 0 bridgehead atoms. The molecule has 1 N–H and O–H groups in total. The molecular formula is C20H15F3N2O4S. The molecular weight excluding hydrogens is 421 g/mol. The first-order valence-corrected chi connectivity index (χ1v) is 8.96. The Hall–Kier alpha value is -3.40. The van der Waals surface area contributed by atoms with E-state index in [-0.39, 0.29) is 11.1 Å². The van der Waals surface area contributed by atoms with Crippen molar-refractivity contribution in [3.63, 3.8) is 0 Å². The number of benzene rings is 2. The van der Waals surface area contributed by atoms with Crippen molar-refractivity contribution in [2.75, 3.05) is 11.9 Å². The van der Waals surface area contributed by atoms with Crippen molar-refractivity contribution in [3.05, 3.63) is 63.9 Å². The van der Waals surface area contributed by atoms with Crippen molar-refractivity contribution in [2.45, 2.75) is 6.36 Å². The third kappa shape index (κ3) is 3.86. The summed E-state index contributed by atoms with van der Waals surface area (Å²) in [5.41, 5.74) is -0.160. The summed E-state index contributed by atoms with van der Waals surface area (Å²) in [6.45, 7) is 0. The van der Waals surface area contributed by atoms with E-state index in [9.17, 15) is 27.9 Å². The van der Waals surface area contributed by atoms with Crippen LogP contribution in [0.3, 0.4) is 0 Å². The first-order valence-electron chi connectivity index (χ1n) is 8.49. The maximum Gasteiger partial charge on any atom is 0.573 e. The molecule has 0 atom stereocenters. The van der Waals surface area contributed by atoms with E-state index in [0.717, 1.165) is 17.0 Å². The Morgan fingerprint density at radius 1 is 1.20 bits per heavy atom. The quantitative estimate of drug-likeness (QED) is 0.631. The van der Waals surface area contributed by atoms with Crippen LogP contribution in [0.1, 0.15) is 15.9 Å². The van der Waals surface area contributed by atoms with Crippen molar-refractivity contribution < 1.29 is 27.8 Å². The zero-order chi connectivity index (χ0) is 22.2. The number of fused-ring (bicyclic) bond motifs is 1. The highest BCUT2D eigenvalue weighted by atomic mass is 32.1. The predicted molar refractivity (Wildman–Crippen MR) is 109 cm³/mol. The molecule has 156 valence electrons. The molecule has 0 spiro atoms. The first-order chi connectivity index (χ1) is 14.0. The maximum atomic E-state index is 13.0. The molecule has 0 fully saturated rings. The topological polar surface area (TPSA) is 71.8 Å². The predicted octanol–water partition coefficient (Wildman–Crippen LogP) is 3.77. The fourth-order valence-electron chi connectivity index (χ4n) is 3.05. The molecule has 1 heterocycles. The Labute approximate surface area is 173 Å². The number of aromatic hydroxyl groups is 1. The monoisotopic (exact) mass is 436 g/mol. The molecule has 30 heavy (non-hydrogen) atoms. The Balaban J connectivity index is 2.06. The molecule has 1 amide bonds. The van der Waals surface area contributed by atoms with E-state index < -0.39 is 34.9 Å². The van der Waals surface area contributed by atoms with Crippen molar-refractivity contribution in [1.29, 1.82) is 0 Å². The van der Waals surface area contributed by atoms with Gasteiger partial charge in [0.1, 0.15) is 17.1 Å². The van der Waals surface area contributed by atoms with Gasteiger partial charge in [0, 0.05) is 30.5 Å². The molecule has 1 aromatic heterocycles. The summed E-state index contributed by atoms with van der Waals surface area (Å²) < 4.78 is 41.9. The fraction of sp³-hybridized carbons (Fsp3) is 0.150. The van der Waals surface area contributed by atoms with Gasteiger partial charge in [-0.05, 0) is 35.9 Å². The number of amides is 1. The summed E-state index contributed by atoms with van der Waals surface area (Å²) in [5, 5.41) is 12.3. The number of carbonyl (C=O) groups excluding carboxylic acids is 1. The minimum atomic E-state index is -4.84. The van der Waals surface area contributed by atoms with Gasteiger partial charge in [0.25, 0.3) is 11.5 Å². The van der Waals surface area contributed by atoms with Crippen LogP contribution in [0.25, 0.3) is 10.9 Å². The van der Waals surface area contributed by atoms with Crippen LogP contribution in [0.15, 0.2) is 47.3 Å². The Morgan fingerprint density at radius 3 is 2.40 bits per heavy atom. The van der Waals surface area contributed by atoms with E-state index >= 15 is 0 Å². The van der Waals surface area contributed by atoms with Gasteiger partial charge in [0.05, 0.1) is 5.52 Å². The summed E-state index contributed by atoms with van der Waals surface area (Å²) in [6.07, 6.45) is -4.84. The molecule has 3 aromatic rings. The number of aryl methyl sites for hydroxylation is 1. The van der Waals surface area contributed by atoms with Crippen LogP contribution in [-0.4, -0.2) is 34.4 Å². The van der Waals surface area contributed by atoms with Gasteiger partial charge >= 0.3 is 6.36 Å². The highest BCUT2D eigenvalue weighted by Gasteiger charge is 2.31. The molecule has 0 saturated carbocycles. The Morgan fingerprint density at radius 2 is 1.83 bits per heavy atom. The normalized spacial score (nSPS) is 11.4. The van der Waals surface area contributed by atoms with E-state index in [4.69, 9.17) is 12.2 Å². The molecule has 3 rings (SSSR count). The number of halogens is 3. The van der Waals surface area contributed by atoms with Crippen LogP contribution in [0, 0.1) is 0 Å². The van der Waals surface area contributed by atoms with Gasteiger partial charge in [-0.25, -0.2) is 0 Å². The molecule has 10 heteroatoms. The highest BCUT2D eigenvalue weighted by Crippen LogP contribution is 2.31. The molecule has 0 aliphatic carbocycles. The number of alkyl halides is 3. The van der Waals surface area contributed by atoms with Crippen molar-refractivity contribution >= 4 is 40.1 Å². The summed E-state index contributed by atoms with van der Waals surface area (Å²) in [7, 11) is 2.79. The second-order valence-corrected chi connectivity index (χ2v) is 6.59. The van der Waals surface area contributed by atoms with Crippen LogP contribution in [0.2, 0.25) is 0 Å². The second-order valence-electron chi connectivity index (χ2n) is 6.35. The number of rotatable bonds is 4. The second kappa shape index (κ2) is 7.79. The summed E-state index contributed by atoms with van der Waals surface area (Å²) in [4.78, 5) is 26.8. The van der Waals surface area contributed by atoms with E-state index in [1.807, 2.05) is 0 Å². The van der Waals surface area contributed by atoms with Crippen LogP contribution in [0.5, 0.6) is 11.5 Å². The lowest BCUT2D eigenvalue weighted by Gasteiger charge is -2.20. The molecule has 0 aliphatic heterocycles. The average molecular weight is 436 g/mol. The lowest BCUT2D eigenvalue weighted by Crippen LogP contribution is -2.34. The summed E-state index contributed by atoms with van der Waals surface area (Å²) >= 11 is 4.96. The van der Waals surface area contributed by atoms with Crippen molar-refractivity contribution in [3.8, 4) is 11.5 Å². The molecule has 0 unspecified atom stereocenters. The number of nitrogens with zero attached hydrogens (tertiary/aromatic N) is 2. The van der Waals surface area contributed by atoms with E-state index in [0.29, 0.717) is 11.1 Å². The smallest absolute Gasteiger partial charge is 0.506 e. The molecule has 0 saturated heterocycles. The number of aromatic nitrogens is 1. The summed E-state index contributed by atoms with van der Waals surface area (Å²) in [5.74, 6) is -1.81. The van der Waals surface area contributed by atoms with Crippen LogP contribution < -0.4 is 15.2 Å².